The lowest BCUT2D eigenvalue weighted by Gasteiger charge is -2.34. The molecular formula is C23H28N4O2S. The standard InChI is InChI=1S/C23H28N4O2S/c1-24-22-11-10-19-9-8-18(14-26-30(28,29)23-15-27(2)16-25-23)13-20(19)21(22)12-17-6-4-3-5-7-17/h3-9,13,15-16,21-22,24,26H,10-12,14H2,1-2H3. The summed E-state index contributed by atoms with van der Waals surface area (Å²) in [7, 11) is 0.146. The fourth-order valence-electron chi connectivity index (χ4n) is 4.30. The third-order valence-corrected chi connectivity index (χ3v) is 7.20. The van der Waals surface area contributed by atoms with Crippen LogP contribution in [-0.2, 0) is 36.5 Å². The van der Waals surface area contributed by atoms with Gasteiger partial charge in [-0.1, -0.05) is 48.5 Å². The molecular weight excluding hydrogens is 396 g/mol. The van der Waals surface area contributed by atoms with Crippen LogP contribution < -0.4 is 10.0 Å². The van der Waals surface area contributed by atoms with E-state index in [1.54, 1.807) is 11.6 Å². The number of hydrogen-bond acceptors (Lipinski definition) is 4. The number of fused-ring (bicyclic) bond motifs is 1. The molecule has 0 aliphatic heterocycles. The number of hydrogen-bond donors (Lipinski definition) is 2. The van der Waals surface area contributed by atoms with Crippen LogP contribution in [-0.4, -0.2) is 31.1 Å². The second-order valence-electron chi connectivity index (χ2n) is 7.97. The third-order valence-electron chi connectivity index (χ3n) is 5.91. The minimum Gasteiger partial charge on any atom is -0.339 e. The van der Waals surface area contributed by atoms with Gasteiger partial charge in [-0.2, -0.15) is 0 Å². The number of imidazole rings is 1. The molecule has 4 rings (SSSR count). The molecule has 0 amide bonds. The monoisotopic (exact) mass is 424 g/mol. The first-order valence-corrected chi connectivity index (χ1v) is 11.7. The molecule has 7 heteroatoms. The number of aromatic nitrogens is 2. The van der Waals surface area contributed by atoms with Crippen LogP contribution in [0.1, 0.15) is 34.6 Å². The molecule has 2 aromatic carbocycles. The second-order valence-corrected chi connectivity index (χ2v) is 9.68. The lowest BCUT2D eigenvalue weighted by Crippen LogP contribution is -2.37. The minimum absolute atomic E-state index is 0.0418. The molecule has 0 bridgehead atoms. The van der Waals surface area contributed by atoms with Crippen molar-refractivity contribution < 1.29 is 8.42 Å². The summed E-state index contributed by atoms with van der Waals surface area (Å²) in [5.74, 6) is 0.355. The number of aryl methyl sites for hydroxylation is 2. The Hall–Kier alpha value is -2.48. The predicted molar refractivity (Wildman–Crippen MR) is 118 cm³/mol. The highest BCUT2D eigenvalue weighted by atomic mass is 32.2. The van der Waals surface area contributed by atoms with Crippen LogP contribution in [0.3, 0.4) is 0 Å². The van der Waals surface area contributed by atoms with Gasteiger partial charge in [0, 0.05) is 31.7 Å². The molecule has 158 valence electrons. The average Bonchev–Trinajstić information content (AvgIpc) is 3.21. The molecule has 6 nitrogen and oxygen atoms in total. The van der Waals surface area contributed by atoms with Crippen LogP contribution >= 0.6 is 0 Å². The molecule has 2 unspecified atom stereocenters. The zero-order valence-electron chi connectivity index (χ0n) is 17.4. The first-order chi connectivity index (χ1) is 14.5. The zero-order valence-corrected chi connectivity index (χ0v) is 18.2. The van der Waals surface area contributed by atoms with E-state index in [1.165, 1.54) is 29.2 Å². The summed E-state index contributed by atoms with van der Waals surface area (Å²) >= 11 is 0. The highest BCUT2D eigenvalue weighted by Gasteiger charge is 2.29. The van der Waals surface area contributed by atoms with E-state index in [0.29, 0.717) is 12.0 Å². The van der Waals surface area contributed by atoms with E-state index in [9.17, 15) is 8.42 Å². The van der Waals surface area contributed by atoms with Gasteiger partial charge in [0.05, 0.1) is 6.33 Å². The molecule has 0 saturated heterocycles. The minimum atomic E-state index is -3.63. The number of nitrogens with one attached hydrogen (secondary N) is 2. The van der Waals surface area contributed by atoms with Gasteiger partial charge in [-0.15, -0.1) is 0 Å². The van der Waals surface area contributed by atoms with Gasteiger partial charge in [-0.3, -0.25) is 0 Å². The van der Waals surface area contributed by atoms with Gasteiger partial charge < -0.3 is 9.88 Å². The molecule has 0 fully saturated rings. The van der Waals surface area contributed by atoms with Crippen LogP contribution in [0.15, 0.2) is 66.1 Å². The largest absolute Gasteiger partial charge is 0.339 e. The number of likely N-dealkylation sites (N-methyl/N-ethyl adjacent to an activating group) is 1. The summed E-state index contributed by atoms with van der Waals surface area (Å²) in [4.78, 5) is 3.95. The van der Waals surface area contributed by atoms with Gasteiger partial charge in [0.25, 0.3) is 10.0 Å². The van der Waals surface area contributed by atoms with Crippen LogP contribution in [0, 0.1) is 0 Å². The summed E-state index contributed by atoms with van der Waals surface area (Å²) in [6, 6.07) is 17.3. The lowest BCUT2D eigenvalue weighted by molar-refractivity contribution is 0.409. The molecule has 0 saturated carbocycles. The number of benzene rings is 2. The Morgan fingerprint density at radius 1 is 1.13 bits per heavy atom. The van der Waals surface area contributed by atoms with Crippen molar-refractivity contribution in [2.75, 3.05) is 7.05 Å². The Morgan fingerprint density at radius 2 is 1.93 bits per heavy atom. The highest BCUT2D eigenvalue weighted by molar-refractivity contribution is 7.89. The Bertz CT molecular complexity index is 1110. The van der Waals surface area contributed by atoms with Crippen molar-refractivity contribution >= 4 is 10.0 Å². The van der Waals surface area contributed by atoms with Gasteiger partial charge in [0.2, 0.25) is 0 Å². The maximum Gasteiger partial charge on any atom is 0.259 e. The van der Waals surface area contributed by atoms with Crippen molar-refractivity contribution in [1.82, 2.24) is 19.6 Å². The molecule has 0 radical (unpaired) electrons. The van der Waals surface area contributed by atoms with Gasteiger partial charge in [0.15, 0.2) is 5.03 Å². The number of rotatable bonds is 7. The molecule has 2 atom stereocenters. The SMILES string of the molecule is CNC1CCc2ccc(CNS(=O)(=O)c3cn(C)cn3)cc2C1Cc1ccccc1. The van der Waals surface area contributed by atoms with Crippen molar-refractivity contribution in [3.05, 3.63) is 83.3 Å². The number of nitrogens with zero attached hydrogens (tertiary/aromatic N) is 2. The van der Waals surface area contributed by atoms with Crippen molar-refractivity contribution in [1.29, 1.82) is 0 Å². The van der Waals surface area contributed by atoms with Crippen LogP contribution in [0.2, 0.25) is 0 Å². The highest BCUT2D eigenvalue weighted by Crippen LogP contribution is 2.35. The van der Waals surface area contributed by atoms with Crippen molar-refractivity contribution in [2.24, 2.45) is 7.05 Å². The summed E-state index contributed by atoms with van der Waals surface area (Å²) in [6.45, 7) is 0.245. The Kier molecular flexibility index (Phi) is 6.04. The van der Waals surface area contributed by atoms with Gasteiger partial charge in [-0.05, 0) is 48.6 Å². The molecule has 1 heterocycles. The first-order valence-electron chi connectivity index (χ1n) is 10.3. The fraction of sp³-hybridized carbons (Fsp3) is 0.348. The molecule has 3 aromatic rings. The van der Waals surface area contributed by atoms with Crippen LogP contribution in [0.4, 0.5) is 0 Å². The topological polar surface area (TPSA) is 76.0 Å². The Balaban J connectivity index is 1.57. The van der Waals surface area contributed by atoms with Crippen LogP contribution in [0.5, 0.6) is 0 Å². The summed E-state index contributed by atoms with van der Waals surface area (Å²) in [5.41, 5.74) is 4.96. The predicted octanol–water partition coefficient (Wildman–Crippen LogP) is 2.76. The quantitative estimate of drug-likeness (QED) is 0.612. The third kappa shape index (κ3) is 4.48. The maximum absolute atomic E-state index is 12.5. The van der Waals surface area contributed by atoms with E-state index in [0.717, 1.165) is 24.8 Å². The molecule has 1 aliphatic carbocycles. The maximum atomic E-state index is 12.5. The van der Waals surface area contributed by atoms with Crippen LogP contribution in [0.25, 0.3) is 0 Å². The van der Waals surface area contributed by atoms with E-state index >= 15 is 0 Å². The smallest absolute Gasteiger partial charge is 0.259 e. The van der Waals surface area contributed by atoms with E-state index in [-0.39, 0.29) is 11.6 Å². The van der Waals surface area contributed by atoms with Crippen molar-refractivity contribution in [2.45, 2.75) is 42.8 Å². The van der Waals surface area contributed by atoms with Crippen molar-refractivity contribution in [3.63, 3.8) is 0 Å². The van der Waals surface area contributed by atoms with E-state index in [4.69, 9.17) is 0 Å². The van der Waals surface area contributed by atoms with E-state index in [2.05, 4.69) is 51.4 Å². The second kappa shape index (κ2) is 8.71. The average molecular weight is 425 g/mol. The summed E-state index contributed by atoms with van der Waals surface area (Å²) < 4.78 is 29.3. The fourth-order valence-corrected chi connectivity index (χ4v) is 5.30. The molecule has 2 N–H and O–H groups in total. The Morgan fingerprint density at radius 3 is 2.63 bits per heavy atom. The van der Waals surface area contributed by atoms with E-state index in [1.807, 2.05) is 19.2 Å². The van der Waals surface area contributed by atoms with Gasteiger partial charge in [-0.25, -0.2) is 18.1 Å². The molecule has 1 aromatic heterocycles. The normalized spacial score (nSPS) is 18.9. The summed E-state index contributed by atoms with van der Waals surface area (Å²) in [5, 5.41) is 3.53. The zero-order chi connectivity index (χ0) is 21.1. The van der Waals surface area contributed by atoms with Gasteiger partial charge >= 0.3 is 0 Å². The summed E-state index contributed by atoms with van der Waals surface area (Å²) in [6.07, 6.45) is 6.09. The first kappa shape index (κ1) is 20.8. The number of sulfonamides is 1. The van der Waals surface area contributed by atoms with Gasteiger partial charge in [0.1, 0.15) is 0 Å². The Labute approximate surface area is 178 Å². The molecule has 30 heavy (non-hydrogen) atoms. The molecule has 1 aliphatic rings. The van der Waals surface area contributed by atoms with Crippen molar-refractivity contribution in [3.8, 4) is 0 Å². The molecule has 0 spiro atoms. The lowest BCUT2D eigenvalue weighted by atomic mass is 9.75. The van der Waals surface area contributed by atoms with E-state index < -0.39 is 10.0 Å².